The average molecular weight is 379 g/mol. The second-order valence-electron chi connectivity index (χ2n) is 5.77. The zero-order valence-corrected chi connectivity index (χ0v) is 16.1. The molecule has 0 saturated heterocycles. The molecule has 0 aliphatic heterocycles. The van der Waals surface area contributed by atoms with E-state index in [0.29, 0.717) is 22.6 Å². The van der Waals surface area contributed by atoms with Crippen molar-refractivity contribution in [3.8, 4) is 0 Å². The summed E-state index contributed by atoms with van der Waals surface area (Å²) in [5, 5.41) is 9.07. The standard InChI is InChI=1S/C16H18N4OS3/c1-9(2)8-22-15-19-20-16(24-15)23-10(3)13-17-12-7-5-4-6-11(12)14(21)18-13/h4-7,9-10H,8H2,1-3H3,(H,17,18,21)/t10-/m0/s1. The van der Waals surface area contributed by atoms with Gasteiger partial charge in [-0.15, -0.1) is 10.2 Å². The van der Waals surface area contributed by atoms with Crippen LogP contribution in [0.15, 0.2) is 37.7 Å². The SMILES string of the molecule is CC(C)CSc1nnc(S[C@@H](C)c2nc3ccccc3c(=O)[nH]2)s1. The summed E-state index contributed by atoms with van der Waals surface area (Å²) in [5.41, 5.74) is 0.614. The number of hydrogen-bond donors (Lipinski definition) is 1. The van der Waals surface area contributed by atoms with Gasteiger partial charge in [-0.3, -0.25) is 4.79 Å². The molecule has 1 N–H and O–H groups in total. The lowest BCUT2D eigenvalue weighted by molar-refractivity contribution is 0.749. The summed E-state index contributed by atoms with van der Waals surface area (Å²) in [6.07, 6.45) is 0. The van der Waals surface area contributed by atoms with E-state index >= 15 is 0 Å². The summed E-state index contributed by atoms with van der Waals surface area (Å²) in [6, 6.07) is 7.37. The largest absolute Gasteiger partial charge is 0.309 e. The van der Waals surface area contributed by atoms with Crippen LogP contribution in [0.4, 0.5) is 0 Å². The molecule has 2 heterocycles. The van der Waals surface area contributed by atoms with Crippen molar-refractivity contribution in [2.75, 3.05) is 5.75 Å². The summed E-state index contributed by atoms with van der Waals surface area (Å²) < 4.78 is 1.88. The van der Waals surface area contributed by atoms with Crippen LogP contribution in [0.25, 0.3) is 10.9 Å². The van der Waals surface area contributed by atoms with Crippen molar-refractivity contribution in [3.05, 3.63) is 40.4 Å². The Bertz CT molecular complexity index is 890. The molecule has 1 aromatic carbocycles. The number of rotatable bonds is 6. The smallest absolute Gasteiger partial charge is 0.258 e. The Morgan fingerprint density at radius 1 is 1.17 bits per heavy atom. The topological polar surface area (TPSA) is 71.5 Å². The molecule has 24 heavy (non-hydrogen) atoms. The number of fused-ring (bicyclic) bond motifs is 1. The van der Waals surface area contributed by atoms with Crippen molar-refractivity contribution in [2.24, 2.45) is 5.92 Å². The quantitative estimate of drug-likeness (QED) is 0.642. The number of H-pyrrole nitrogens is 1. The predicted molar refractivity (Wildman–Crippen MR) is 102 cm³/mol. The minimum atomic E-state index is -0.103. The lowest BCUT2D eigenvalue weighted by atomic mass is 10.2. The third kappa shape index (κ3) is 4.17. The number of nitrogens with zero attached hydrogens (tertiary/aromatic N) is 3. The number of aromatic amines is 1. The summed E-state index contributed by atoms with van der Waals surface area (Å²) in [7, 11) is 0. The van der Waals surface area contributed by atoms with Crippen LogP contribution < -0.4 is 5.56 Å². The van der Waals surface area contributed by atoms with E-state index in [-0.39, 0.29) is 10.8 Å². The Hall–Kier alpha value is -1.38. The van der Waals surface area contributed by atoms with Crippen molar-refractivity contribution in [1.82, 2.24) is 20.2 Å². The Labute approximate surface area is 152 Å². The van der Waals surface area contributed by atoms with Crippen molar-refractivity contribution in [1.29, 1.82) is 0 Å². The number of aromatic nitrogens is 4. The number of benzene rings is 1. The van der Waals surface area contributed by atoms with Gasteiger partial charge in [0.1, 0.15) is 5.82 Å². The third-order valence-electron chi connectivity index (χ3n) is 3.22. The maximum Gasteiger partial charge on any atom is 0.258 e. The highest BCUT2D eigenvalue weighted by atomic mass is 32.2. The van der Waals surface area contributed by atoms with Crippen molar-refractivity contribution < 1.29 is 0 Å². The van der Waals surface area contributed by atoms with Crippen LogP contribution in [0.5, 0.6) is 0 Å². The van der Waals surface area contributed by atoms with E-state index in [9.17, 15) is 4.79 Å². The first kappa shape index (κ1) is 17.4. The van der Waals surface area contributed by atoms with Crippen LogP contribution in [0.2, 0.25) is 0 Å². The lowest BCUT2D eigenvalue weighted by Crippen LogP contribution is -2.12. The molecule has 0 spiro atoms. The van der Waals surface area contributed by atoms with Crippen LogP contribution in [-0.4, -0.2) is 25.9 Å². The molecule has 0 unspecified atom stereocenters. The van der Waals surface area contributed by atoms with Crippen molar-refractivity contribution in [2.45, 2.75) is 34.7 Å². The molecule has 5 nitrogen and oxygen atoms in total. The van der Waals surface area contributed by atoms with Crippen molar-refractivity contribution >= 4 is 45.8 Å². The Balaban J connectivity index is 1.75. The molecule has 1 atom stereocenters. The first-order valence-corrected chi connectivity index (χ1v) is 10.3. The van der Waals surface area contributed by atoms with Gasteiger partial charge < -0.3 is 4.98 Å². The van der Waals surface area contributed by atoms with E-state index in [1.165, 1.54) is 0 Å². The first-order chi connectivity index (χ1) is 11.5. The molecule has 0 amide bonds. The van der Waals surface area contributed by atoms with Crippen LogP contribution in [0.1, 0.15) is 31.8 Å². The Morgan fingerprint density at radius 3 is 2.71 bits per heavy atom. The molecule has 0 aliphatic rings. The van der Waals surface area contributed by atoms with E-state index in [1.54, 1.807) is 40.9 Å². The van der Waals surface area contributed by atoms with E-state index in [1.807, 2.05) is 25.1 Å². The highest BCUT2D eigenvalue weighted by Crippen LogP contribution is 2.37. The summed E-state index contributed by atoms with van der Waals surface area (Å²) in [5.74, 6) is 2.32. The molecule has 0 fully saturated rings. The molecule has 2 aromatic heterocycles. The van der Waals surface area contributed by atoms with Gasteiger partial charge in [0.05, 0.1) is 16.2 Å². The average Bonchev–Trinajstić information content (AvgIpc) is 3.00. The van der Waals surface area contributed by atoms with E-state index in [0.717, 1.165) is 14.4 Å². The molecule has 3 aromatic rings. The highest BCUT2D eigenvalue weighted by Gasteiger charge is 2.15. The molecular weight excluding hydrogens is 360 g/mol. The second kappa shape index (κ2) is 7.67. The van der Waals surface area contributed by atoms with Crippen LogP contribution in [0.3, 0.4) is 0 Å². The molecular formula is C16H18N4OS3. The fourth-order valence-corrected chi connectivity index (χ4v) is 5.24. The maximum atomic E-state index is 12.2. The summed E-state index contributed by atoms with van der Waals surface area (Å²) in [4.78, 5) is 19.6. The molecule has 126 valence electrons. The van der Waals surface area contributed by atoms with Gasteiger partial charge in [0, 0.05) is 5.75 Å². The Morgan fingerprint density at radius 2 is 1.92 bits per heavy atom. The summed E-state index contributed by atoms with van der Waals surface area (Å²) in [6.45, 7) is 6.39. The van der Waals surface area contributed by atoms with E-state index in [2.05, 4.69) is 34.0 Å². The molecule has 0 radical (unpaired) electrons. The fourth-order valence-electron chi connectivity index (χ4n) is 2.05. The molecule has 3 rings (SSSR count). The minimum Gasteiger partial charge on any atom is -0.309 e. The maximum absolute atomic E-state index is 12.2. The molecule has 0 saturated carbocycles. The van der Waals surface area contributed by atoms with Gasteiger partial charge in [0.2, 0.25) is 0 Å². The predicted octanol–water partition coefficient (Wildman–Crippen LogP) is 4.38. The fraction of sp³-hybridized carbons (Fsp3) is 0.375. The third-order valence-corrected chi connectivity index (χ3v) is 6.90. The zero-order valence-electron chi connectivity index (χ0n) is 13.6. The summed E-state index contributed by atoms with van der Waals surface area (Å²) >= 11 is 4.89. The van der Waals surface area contributed by atoms with Gasteiger partial charge in [-0.2, -0.15) is 0 Å². The van der Waals surface area contributed by atoms with E-state index in [4.69, 9.17) is 0 Å². The van der Waals surface area contributed by atoms with Crippen LogP contribution in [-0.2, 0) is 0 Å². The molecule has 0 aliphatic carbocycles. The normalized spacial score (nSPS) is 12.8. The highest BCUT2D eigenvalue weighted by molar-refractivity contribution is 8.03. The zero-order chi connectivity index (χ0) is 17.1. The van der Waals surface area contributed by atoms with E-state index < -0.39 is 0 Å². The second-order valence-corrected chi connectivity index (χ2v) is 9.60. The lowest BCUT2D eigenvalue weighted by Gasteiger charge is -2.08. The first-order valence-electron chi connectivity index (χ1n) is 7.65. The number of hydrogen-bond acceptors (Lipinski definition) is 7. The number of nitrogens with one attached hydrogen (secondary N) is 1. The number of para-hydroxylation sites is 1. The van der Waals surface area contributed by atoms with Crippen LogP contribution in [0, 0.1) is 5.92 Å². The van der Waals surface area contributed by atoms with Gasteiger partial charge in [0.15, 0.2) is 8.68 Å². The monoisotopic (exact) mass is 378 g/mol. The van der Waals surface area contributed by atoms with Gasteiger partial charge in [-0.05, 0) is 25.0 Å². The van der Waals surface area contributed by atoms with Gasteiger partial charge in [0.25, 0.3) is 5.56 Å². The Kier molecular flexibility index (Phi) is 5.57. The van der Waals surface area contributed by atoms with Crippen LogP contribution >= 0.6 is 34.9 Å². The molecule has 0 bridgehead atoms. The van der Waals surface area contributed by atoms with Gasteiger partial charge in [-0.25, -0.2) is 4.98 Å². The minimum absolute atomic E-state index is 0.00166. The van der Waals surface area contributed by atoms with Gasteiger partial charge in [-0.1, -0.05) is 60.8 Å². The number of thioether (sulfide) groups is 2. The van der Waals surface area contributed by atoms with Crippen molar-refractivity contribution in [3.63, 3.8) is 0 Å². The molecule has 8 heteroatoms. The van der Waals surface area contributed by atoms with Gasteiger partial charge >= 0.3 is 0 Å².